The zero-order chi connectivity index (χ0) is 11.5. The Hall–Kier alpha value is -0.290. The van der Waals surface area contributed by atoms with Gasteiger partial charge in [0.2, 0.25) is 5.91 Å². The molecule has 1 atom stereocenters. The van der Waals surface area contributed by atoms with Gasteiger partial charge < -0.3 is 4.90 Å². The Morgan fingerprint density at radius 1 is 1.47 bits per heavy atom. The maximum absolute atomic E-state index is 11.7. The van der Waals surface area contributed by atoms with Crippen LogP contribution in [0.1, 0.15) is 19.3 Å². The molecular formula is C9H16ClNO3S. The number of hydrogen-bond donors (Lipinski definition) is 0. The Labute approximate surface area is 95.5 Å². The fourth-order valence-corrected chi connectivity index (χ4v) is 2.73. The van der Waals surface area contributed by atoms with Gasteiger partial charge in [-0.3, -0.25) is 4.79 Å². The minimum absolute atomic E-state index is 0.00895. The van der Waals surface area contributed by atoms with Crippen LogP contribution in [0.3, 0.4) is 0 Å². The van der Waals surface area contributed by atoms with E-state index in [0.717, 1.165) is 25.5 Å². The zero-order valence-corrected chi connectivity index (χ0v) is 10.4. The first kappa shape index (κ1) is 12.8. The quantitative estimate of drug-likeness (QED) is 0.694. The monoisotopic (exact) mass is 253 g/mol. The Balaban J connectivity index is 2.64. The van der Waals surface area contributed by atoms with Crippen molar-refractivity contribution in [2.75, 3.05) is 24.4 Å². The van der Waals surface area contributed by atoms with Gasteiger partial charge in [0.1, 0.15) is 5.75 Å². The van der Waals surface area contributed by atoms with E-state index >= 15 is 0 Å². The number of sulfone groups is 1. The van der Waals surface area contributed by atoms with Crippen LogP contribution in [0.15, 0.2) is 0 Å². The molecule has 0 aromatic heterocycles. The molecule has 1 unspecified atom stereocenters. The highest BCUT2D eigenvalue weighted by atomic mass is 35.5. The van der Waals surface area contributed by atoms with Crippen molar-refractivity contribution in [2.24, 2.45) is 0 Å². The number of carbonyl (C=O) groups is 1. The topological polar surface area (TPSA) is 54.5 Å². The van der Waals surface area contributed by atoms with Crippen LogP contribution >= 0.6 is 11.6 Å². The third-order valence-electron chi connectivity index (χ3n) is 2.51. The molecule has 0 bridgehead atoms. The number of alkyl halides is 1. The average molecular weight is 254 g/mol. The predicted molar refractivity (Wildman–Crippen MR) is 59.8 cm³/mol. The van der Waals surface area contributed by atoms with E-state index in [4.69, 9.17) is 11.6 Å². The SMILES string of the molecule is CS(=O)(=O)CC(=O)N1CCCCC1CCl. The largest absolute Gasteiger partial charge is 0.338 e. The summed E-state index contributed by atoms with van der Waals surface area (Å²) >= 11 is 5.75. The summed E-state index contributed by atoms with van der Waals surface area (Å²) in [5, 5.41) is 0. The first-order chi connectivity index (χ1) is 6.94. The maximum atomic E-state index is 11.7. The van der Waals surface area contributed by atoms with Crippen molar-refractivity contribution in [2.45, 2.75) is 25.3 Å². The summed E-state index contributed by atoms with van der Waals surface area (Å²) in [4.78, 5) is 13.3. The smallest absolute Gasteiger partial charge is 0.238 e. The summed E-state index contributed by atoms with van der Waals surface area (Å²) in [6, 6.07) is 0.00895. The van der Waals surface area contributed by atoms with Crippen molar-refractivity contribution in [3.63, 3.8) is 0 Å². The highest BCUT2D eigenvalue weighted by molar-refractivity contribution is 7.91. The standard InChI is InChI=1S/C9H16ClNO3S/c1-15(13,14)7-9(12)11-5-3-2-4-8(11)6-10/h8H,2-7H2,1H3. The second kappa shape index (κ2) is 5.16. The Morgan fingerprint density at radius 2 is 2.13 bits per heavy atom. The molecule has 6 heteroatoms. The van der Waals surface area contributed by atoms with Crippen molar-refractivity contribution in [3.8, 4) is 0 Å². The van der Waals surface area contributed by atoms with Crippen molar-refractivity contribution >= 4 is 27.3 Å². The van der Waals surface area contributed by atoms with Gasteiger partial charge >= 0.3 is 0 Å². The summed E-state index contributed by atoms with van der Waals surface area (Å²) in [5.41, 5.74) is 0. The number of carbonyl (C=O) groups excluding carboxylic acids is 1. The molecule has 0 saturated carbocycles. The van der Waals surface area contributed by atoms with Gasteiger partial charge in [0, 0.05) is 24.7 Å². The molecule has 1 fully saturated rings. The predicted octanol–water partition coefficient (Wildman–Crippen LogP) is 0.651. The van der Waals surface area contributed by atoms with Crippen LogP contribution in [0.25, 0.3) is 0 Å². The first-order valence-electron chi connectivity index (χ1n) is 4.97. The molecule has 0 aliphatic carbocycles. The van der Waals surface area contributed by atoms with Crippen LogP contribution in [-0.2, 0) is 14.6 Å². The molecule has 0 aromatic rings. The Morgan fingerprint density at radius 3 is 2.67 bits per heavy atom. The molecule has 1 heterocycles. The minimum atomic E-state index is -3.24. The van der Waals surface area contributed by atoms with Crippen LogP contribution in [0.2, 0.25) is 0 Å². The van der Waals surface area contributed by atoms with Crippen molar-refractivity contribution in [1.29, 1.82) is 0 Å². The number of amides is 1. The van der Waals surface area contributed by atoms with Crippen molar-refractivity contribution in [1.82, 2.24) is 4.90 Å². The highest BCUT2D eigenvalue weighted by Gasteiger charge is 2.27. The number of nitrogens with zero attached hydrogens (tertiary/aromatic N) is 1. The number of hydrogen-bond acceptors (Lipinski definition) is 3. The Bertz CT molecular complexity index is 328. The number of likely N-dealkylation sites (tertiary alicyclic amines) is 1. The van der Waals surface area contributed by atoms with Crippen LogP contribution in [0.4, 0.5) is 0 Å². The Kier molecular flexibility index (Phi) is 4.40. The number of halogens is 1. The van der Waals surface area contributed by atoms with Gasteiger partial charge in [-0.25, -0.2) is 8.42 Å². The summed E-state index contributed by atoms with van der Waals surface area (Å²) in [6.45, 7) is 0.631. The second-order valence-corrected chi connectivity index (χ2v) is 6.41. The van der Waals surface area contributed by atoms with Crippen LogP contribution in [0, 0.1) is 0 Å². The fraction of sp³-hybridized carbons (Fsp3) is 0.889. The van der Waals surface area contributed by atoms with Gasteiger partial charge in [0.05, 0.1) is 0 Å². The summed E-state index contributed by atoms with van der Waals surface area (Å²) < 4.78 is 22.0. The lowest BCUT2D eigenvalue weighted by molar-refractivity contribution is -0.131. The summed E-state index contributed by atoms with van der Waals surface area (Å²) in [7, 11) is -3.24. The van der Waals surface area contributed by atoms with E-state index in [-0.39, 0.29) is 11.9 Å². The van der Waals surface area contributed by atoms with Crippen LogP contribution in [0.5, 0.6) is 0 Å². The number of rotatable bonds is 3. The van der Waals surface area contributed by atoms with E-state index in [1.54, 1.807) is 4.90 Å². The minimum Gasteiger partial charge on any atom is -0.338 e. The molecule has 0 aromatic carbocycles. The van der Waals surface area contributed by atoms with Gasteiger partial charge in [0.15, 0.2) is 9.84 Å². The average Bonchev–Trinajstić information content (AvgIpc) is 2.15. The van der Waals surface area contributed by atoms with Gasteiger partial charge in [0.25, 0.3) is 0 Å². The lowest BCUT2D eigenvalue weighted by Crippen LogP contribution is -2.46. The molecule has 1 amide bonds. The van der Waals surface area contributed by atoms with E-state index < -0.39 is 15.6 Å². The van der Waals surface area contributed by atoms with E-state index in [9.17, 15) is 13.2 Å². The molecule has 4 nitrogen and oxygen atoms in total. The molecule has 0 radical (unpaired) electrons. The van der Waals surface area contributed by atoms with E-state index in [1.807, 2.05) is 0 Å². The summed E-state index contributed by atoms with van der Waals surface area (Å²) in [6.07, 6.45) is 3.94. The van der Waals surface area contributed by atoms with Gasteiger partial charge in [-0.05, 0) is 19.3 Å². The van der Waals surface area contributed by atoms with Crippen molar-refractivity contribution < 1.29 is 13.2 Å². The normalized spacial score (nSPS) is 22.8. The van der Waals surface area contributed by atoms with E-state index in [2.05, 4.69) is 0 Å². The lowest BCUT2D eigenvalue weighted by atomic mass is 10.0. The molecule has 15 heavy (non-hydrogen) atoms. The first-order valence-corrected chi connectivity index (χ1v) is 7.56. The molecule has 1 aliphatic rings. The molecule has 0 N–H and O–H groups in total. The number of piperidine rings is 1. The second-order valence-electron chi connectivity index (χ2n) is 3.96. The highest BCUT2D eigenvalue weighted by Crippen LogP contribution is 2.18. The third-order valence-corrected chi connectivity index (χ3v) is 3.64. The van der Waals surface area contributed by atoms with Crippen LogP contribution in [-0.4, -0.2) is 49.7 Å². The van der Waals surface area contributed by atoms with Gasteiger partial charge in [-0.1, -0.05) is 0 Å². The molecule has 1 saturated heterocycles. The van der Waals surface area contributed by atoms with Gasteiger partial charge in [-0.2, -0.15) is 0 Å². The molecular weight excluding hydrogens is 238 g/mol. The fourth-order valence-electron chi connectivity index (χ4n) is 1.80. The molecule has 1 rings (SSSR count). The molecule has 1 aliphatic heterocycles. The molecule has 88 valence electrons. The van der Waals surface area contributed by atoms with Crippen LogP contribution < -0.4 is 0 Å². The van der Waals surface area contributed by atoms with Crippen molar-refractivity contribution in [3.05, 3.63) is 0 Å². The summed E-state index contributed by atoms with van der Waals surface area (Å²) in [5.74, 6) is -0.335. The van der Waals surface area contributed by atoms with E-state index in [0.29, 0.717) is 12.4 Å². The zero-order valence-electron chi connectivity index (χ0n) is 8.78. The van der Waals surface area contributed by atoms with E-state index in [1.165, 1.54) is 0 Å². The lowest BCUT2D eigenvalue weighted by Gasteiger charge is -2.34. The van der Waals surface area contributed by atoms with Gasteiger partial charge in [-0.15, -0.1) is 11.6 Å². The third kappa shape index (κ3) is 3.99. The maximum Gasteiger partial charge on any atom is 0.238 e. The molecule has 0 spiro atoms.